The Balaban J connectivity index is 1.32. The Morgan fingerprint density at radius 2 is 1.69 bits per heavy atom. The number of hydrogen-bond donors (Lipinski definition) is 4. The summed E-state index contributed by atoms with van der Waals surface area (Å²) in [6.07, 6.45) is 1.07. The minimum Gasteiger partial charge on any atom is -0.603 e. The van der Waals surface area contributed by atoms with Gasteiger partial charge in [0, 0.05) is 19.8 Å². The second kappa shape index (κ2) is 25.1. The molecular weight excluding hydrogens is 911 g/mol. The first-order valence-electron chi connectivity index (χ1n) is 21.2. The van der Waals surface area contributed by atoms with Gasteiger partial charge in [0.1, 0.15) is 82.2 Å². The molecular formula is C44H56N8O15P+. The van der Waals surface area contributed by atoms with Crippen LogP contribution in [0.25, 0.3) is 11.2 Å². The van der Waals surface area contributed by atoms with Crippen molar-refractivity contribution in [3.63, 3.8) is 0 Å². The number of carbonyl (C=O) groups is 5. The molecule has 68 heavy (non-hydrogen) atoms. The van der Waals surface area contributed by atoms with E-state index in [9.17, 15) is 34.0 Å². The normalized spacial score (nSPS) is 17.5. The van der Waals surface area contributed by atoms with Gasteiger partial charge in [0.15, 0.2) is 17.0 Å². The van der Waals surface area contributed by atoms with E-state index in [0.29, 0.717) is 16.6 Å². The molecule has 1 aliphatic heterocycles. The SMILES string of the molecule is C=CCOO[P+]([O-])(OC[C@H](NC(=O)OCC=C)C(=O)N[C@@H](Cc1ccc(O)cc1)C(=O)OCC[N+](C)(C)C)OC[C@H]1O[C@@H](n2cnc3c(NC(=O)Cc4ccccc4)ncnc32)C[C@@H]1OC(C)=O. The van der Waals surface area contributed by atoms with Gasteiger partial charge < -0.3 is 49.4 Å². The second-order valence-corrected chi connectivity index (χ2v) is 17.7. The zero-order valence-corrected chi connectivity index (χ0v) is 38.9. The van der Waals surface area contributed by atoms with Crippen molar-refractivity contribution in [3.05, 3.63) is 104 Å². The highest BCUT2D eigenvalue weighted by atomic mass is 31.2. The van der Waals surface area contributed by atoms with Gasteiger partial charge in [0.05, 0.1) is 33.9 Å². The lowest BCUT2D eigenvalue weighted by atomic mass is 10.1. The summed E-state index contributed by atoms with van der Waals surface area (Å²) in [5.41, 5.74) is 1.85. The number of aromatic hydroxyl groups is 1. The number of esters is 2. The molecule has 0 spiro atoms. The number of amides is 3. The fourth-order valence-corrected chi connectivity index (χ4v) is 7.39. The minimum atomic E-state index is -4.90. The van der Waals surface area contributed by atoms with Gasteiger partial charge in [-0.15, -0.1) is 6.58 Å². The highest BCUT2D eigenvalue weighted by Crippen LogP contribution is 2.54. The first kappa shape index (κ1) is 52.5. The molecule has 366 valence electrons. The number of nitrogens with one attached hydrogen (secondary N) is 3. The molecule has 1 aliphatic rings. The highest BCUT2D eigenvalue weighted by Gasteiger charge is 2.45. The number of phenolic OH excluding ortho intramolecular Hbond substituents is 1. The molecule has 1 saturated heterocycles. The largest absolute Gasteiger partial charge is 0.603 e. The van der Waals surface area contributed by atoms with Crippen molar-refractivity contribution in [3.8, 4) is 5.75 Å². The number of alkyl carbamates (subject to hydrolysis) is 1. The van der Waals surface area contributed by atoms with Crippen molar-refractivity contribution in [2.24, 2.45) is 0 Å². The van der Waals surface area contributed by atoms with Crippen LogP contribution < -0.4 is 20.8 Å². The van der Waals surface area contributed by atoms with E-state index < -0.39 is 75.8 Å². The molecule has 3 heterocycles. The molecule has 1 fully saturated rings. The molecule has 24 heteroatoms. The van der Waals surface area contributed by atoms with Crippen molar-refractivity contribution in [1.82, 2.24) is 30.2 Å². The van der Waals surface area contributed by atoms with Crippen LogP contribution in [0.5, 0.6) is 5.75 Å². The summed E-state index contributed by atoms with van der Waals surface area (Å²) in [5.74, 6) is -2.68. The molecule has 0 saturated carbocycles. The summed E-state index contributed by atoms with van der Waals surface area (Å²) in [6.45, 7) is 6.58. The Morgan fingerprint density at radius 1 is 0.956 bits per heavy atom. The van der Waals surface area contributed by atoms with Crippen molar-refractivity contribution >= 4 is 55.0 Å². The lowest BCUT2D eigenvalue weighted by Gasteiger charge is -2.27. The molecule has 0 aliphatic carbocycles. The average Bonchev–Trinajstić information content (AvgIpc) is 3.91. The van der Waals surface area contributed by atoms with Gasteiger partial charge in [-0.2, -0.15) is 13.9 Å². The maximum atomic E-state index is 14.2. The van der Waals surface area contributed by atoms with Crippen molar-refractivity contribution in [2.75, 3.05) is 66.0 Å². The molecule has 2 aromatic heterocycles. The summed E-state index contributed by atoms with van der Waals surface area (Å²) in [5, 5.41) is 17.4. The number of likely N-dealkylation sites (N-methyl/N-ethyl adjacent to an activating group) is 1. The van der Waals surface area contributed by atoms with Gasteiger partial charge in [-0.25, -0.2) is 24.5 Å². The summed E-state index contributed by atoms with van der Waals surface area (Å²) in [7, 11) is 0.810. The number of nitrogens with zero attached hydrogens (tertiary/aromatic N) is 5. The number of ether oxygens (including phenoxy) is 4. The van der Waals surface area contributed by atoms with E-state index in [1.54, 1.807) is 12.1 Å². The molecule has 4 N–H and O–H groups in total. The van der Waals surface area contributed by atoms with Crippen LogP contribution in [0.15, 0.2) is 92.6 Å². The number of anilines is 1. The number of fused-ring (bicyclic) bond motifs is 1. The number of aromatic nitrogens is 4. The smallest absolute Gasteiger partial charge is 0.421 e. The van der Waals surface area contributed by atoms with E-state index in [4.69, 9.17) is 37.6 Å². The number of phosphoric acid groups is 1. The number of phenols is 1. The Labute approximate surface area is 392 Å². The monoisotopic (exact) mass is 967 g/mol. The predicted molar refractivity (Wildman–Crippen MR) is 240 cm³/mol. The predicted octanol–water partition coefficient (Wildman–Crippen LogP) is 2.40. The maximum Gasteiger partial charge on any atom is 0.421 e. The van der Waals surface area contributed by atoms with Gasteiger partial charge in [0.25, 0.3) is 0 Å². The van der Waals surface area contributed by atoms with Gasteiger partial charge in [-0.1, -0.05) is 61.2 Å². The number of imidazole rings is 1. The molecule has 0 radical (unpaired) electrons. The third-order valence-corrected chi connectivity index (χ3v) is 10.9. The Morgan fingerprint density at radius 3 is 2.38 bits per heavy atom. The number of carbonyl (C=O) groups excluding carboxylic acids is 5. The molecule has 5 rings (SSSR count). The minimum absolute atomic E-state index is 0.0126. The standard InChI is InChI=1S/C44H55N8O15P/c1-7-19-61-44(58)49-34(42(56)48-33(22-31-14-16-32(54)17-15-31)43(57)60-21-18-52(4,5)6)25-63-68(59,67-62-20-8-2)64-26-36-35(65-29(3)53)24-38(66-36)51-28-47-39-40(45-27-46-41(39)51)50-37(55)23-30-12-10-9-11-13-30/h7-17,27-28,33-36,38H,1-2,18-26H2,3-6H3,(H3-,45,46,48,49,50,54,55,56,58)/p+1/t33-,34-,35-,36+,38+,68?/m0/s1. The summed E-state index contributed by atoms with van der Waals surface area (Å²) < 4.78 is 40.7. The van der Waals surface area contributed by atoms with Gasteiger partial charge >= 0.3 is 26.2 Å². The molecule has 23 nitrogen and oxygen atoms in total. The first-order chi connectivity index (χ1) is 32.5. The summed E-state index contributed by atoms with van der Waals surface area (Å²) in [6, 6.07) is 12.0. The molecule has 4 aromatic rings. The number of phosphoric ester groups is 1. The Hall–Kier alpha value is -6.43. The van der Waals surface area contributed by atoms with Crippen LogP contribution >= 0.6 is 8.17 Å². The van der Waals surface area contributed by atoms with Crippen LogP contribution in [0, 0.1) is 0 Å². The van der Waals surface area contributed by atoms with Gasteiger partial charge in [-0.05, 0) is 27.9 Å². The third-order valence-electron chi connectivity index (χ3n) is 9.68. The first-order valence-corrected chi connectivity index (χ1v) is 22.7. The Bertz CT molecular complexity index is 2350. The number of quaternary nitrogens is 1. The topological polar surface area (TPSA) is 282 Å². The van der Waals surface area contributed by atoms with Crippen molar-refractivity contribution in [2.45, 2.75) is 56.7 Å². The third kappa shape index (κ3) is 16.4. The fraction of sp³-hybridized carbons (Fsp3) is 0.409. The van der Waals surface area contributed by atoms with Gasteiger partial charge in [-0.3, -0.25) is 19.0 Å². The van der Waals surface area contributed by atoms with E-state index in [-0.39, 0.29) is 67.7 Å². The number of benzene rings is 2. The summed E-state index contributed by atoms with van der Waals surface area (Å²) >= 11 is 0. The second-order valence-electron chi connectivity index (χ2n) is 16.2. The lowest BCUT2D eigenvalue weighted by molar-refractivity contribution is -0.870. The van der Waals surface area contributed by atoms with Crippen LogP contribution in [0.3, 0.4) is 0 Å². The van der Waals surface area contributed by atoms with Crippen molar-refractivity contribution < 1.29 is 76.0 Å². The van der Waals surface area contributed by atoms with Gasteiger partial charge in [0.2, 0.25) is 11.8 Å². The number of rotatable bonds is 26. The van der Waals surface area contributed by atoms with Crippen LogP contribution in [0.2, 0.25) is 0 Å². The fourth-order valence-electron chi connectivity index (χ4n) is 6.38. The van der Waals surface area contributed by atoms with Crippen LogP contribution in [0.1, 0.15) is 30.7 Å². The van der Waals surface area contributed by atoms with Crippen LogP contribution in [0.4, 0.5) is 10.6 Å². The molecule has 1 unspecified atom stereocenters. The van der Waals surface area contributed by atoms with Crippen LogP contribution in [-0.2, 0) is 69.6 Å². The Kier molecular flexibility index (Phi) is 19.4. The molecule has 3 amide bonds. The highest BCUT2D eigenvalue weighted by molar-refractivity contribution is 7.53. The summed E-state index contributed by atoms with van der Waals surface area (Å²) in [4.78, 5) is 97.6. The van der Waals surface area contributed by atoms with Crippen LogP contribution in [-0.4, -0.2) is 144 Å². The van der Waals surface area contributed by atoms with E-state index in [1.165, 1.54) is 48.4 Å². The van der Waals surface area contributed by atoms with E-state index in [2.05, 4.69) is 44.1 Å². The zero-order chi connectivity index (χ0) is 49.3. The average molecular weight is 968 g/mol. The van der Waals surface area contributed by atoms with Crippen molar-refractivity contribution in [1.29, 1.82) is 0 Å². The lowest BCUT2D eigenvalue weighted by Crippen LogP contribution is -2.54. The molecule has 0 bridgehead atoms. The maximum absolute atomic E-state index is 14.2. The van der Waals surface area contributed by atoms with E-state index >= 15 is 0 Å². The molecule has 6 atom stereocenters. The zero-order valence-electron chi connectivity index (χ0n) is 38.0. The quantitative estimate of drug-likeness (QED) is 0.0103. The molecule has 2 aromatic carbocycles. The van der Waals surface area contributed by atoms with E-state index in [1.807, 2.05) is 51.5 Å². The van der Waals surface area contributed by atoms with E-state index in [0.717, 1.165) is 5.56 Å². The number of hydrogen-bond acceptors (Lipinski definition) is 18.